The Bertz CT molecular complexity index is 334. The lowest BCUT2D eigenvalue weighted by Gasteiger charge is -2.14. The van der Waals surface area contributed by atoms with Crippen molar-refractivity contribution in [3.63, 3.8) is 0 Å². The molecule has 1 unspecified atom stereocenters. The average molecular weight is 209 g/mol. The molecule has 1 aromatic carbocycles. The van der Waals surface area contributed by atoms with Crippen LogP contribution in [-0.2, 0) is 6.67 Å². The summed E-state index contributed by atoms with van der Waals surface area (Å²) in [6, 6.07) is 5.57. The first-order valence-corrected chi connectivity index (χ1v) is 5.28. The second-order valence-corrected chi connectivity index (χ2v) is 3.90. The summed E-state index contributed by atoms with van der Waals surface area (Å²) in [4.78, 5) is 0. The van der Waals surface area contributed by atoms with Crippen LogP contribution in [0.1, 0.15) is 23.5 Å². The van der Waals surface area contributed by atoms with Crippen LogP contribution in [0, 0.1) is 0 Å². The maximum Gasteiger partial charge on any atom is 0.122 e. The predicted molar refractivity (Wildman–Crippen MR) is 58.0 cm³/mol. The SMILES string of the molecule is COc1ccc(CF)cc1C1CCNC1. The molecule has 0 aromatic heterocycles. The molecule has 1 aromatic rings. The highest BCUT2D eigenvalue weighted by molar-refractivity contribution is 5.40. The molecule has 1 N–H and O–H groups in total. The van der Waals surface area contributed by atoms with Gasteiger partial charge in [-0.3, -0.25) is 0 Å². The number of hydrogen-bond donors (Lipinski definition) is 1. The van der Waals surface area contributed by atoms with Crippen molar-refractivity contribution in [1.29, 1.82) is 0 Å². The molecule has 0 bridgehead atoms. The van der Waals surface area contributed by atoms with Crippen LogP contribution in [0.5, 0.6) is 5.75 Å². The van der Waals surface area contributed by atoms with E-state index in [0.717, 1.165) is 36.4 Å². The number of halogens is 1. The van der Waals surface area contributed by atoms with Gasteiger partial charge in [-0.15, -0.1) is 0 Å². The van der Waals surface area contributed by atoms with E-state index in [9.17, 15) is 4.39 Å². The monoisotopic (exact) mass is 209 g/mol. The highest BCUT2D eigenvalue weighted by Crippen LogP contribution is 2.31. The van der Waals surface area contributed by atoms with E-state index in [0.29, 0.717) is 5.92 Å². The van der Waals surface area contributed by atoms with Crippen LogP contribution in [0.3, 0.4) is 0 Å². The van der Waals surface area contributed by atoms with E-state index in [1.807, 2.05) is 12.1 Å². The highest BCUT2D eigenvalue weighted by Gasteiger charge is 2.20. The maximum absolute atomic E-state index is 12.6. The number of alkyl halides is 1. The van der Waals surface area contributed by atoms with Crippen LogP contribution < -0.4 is 10.1 Å². The minimum absolute atomic E-state index is 0.406. The van der Waals surface area contributed by atoms with Crippen molar-refractivity contribution in [3.8, 4) is 5.75 Å². The van der Waals surface area contributed by atoms with Gasteiger partial charge in [0.15, 0.2) is 0 Å². The van der Waals surface area contributed by atoms with Crippen molar-refractivity contribution in [1.82, 2.24) is 5.32 Å². The quantitative estimate of drug-likeness (QED) is 0.824. The molecule has 1 heterocycles. The topological polar surface area (TPSA) is 21.3 Å². The van der Waals surface area contributed by atoms with Gasteiger partial charge in [-0.1, -0.05) is 6.07 Å². The number of rotatable bonds is 3. The molecular weight excluding hydrogens is 193 g/mol. The Hall–Kier alpha value is -1.09. The molecule has 0 saturated carbocycles. The summed E-state index contributed by atoms with van der Waals surface area (Å²) >= 11 is 0. The summed E-state index contributed by atoms with van der Waals surface area (Å²) in [5.74, 6) is 1.34. The van der Waals surface area contributed by atoms with Gasteiger partial charge < -0.3 is 10.1 Å². The van der Waals surface area contributed by atoms with Crippen molar-refractivity contribution >= 4 is 0 Å². The standard InChI is InChI=1S/C12H16FNO/c1-15-12-3-2-9(7-13)6-11(12)10-4-5-14-8-10/h2-3,6,10,14H,4-5,7-8H2,1H3. The van der Waals surface area contributed by atoms with Gasteiger partial charge in [-0.25, -0.2) is 4.39 Å². The molecule has 1 aliphatic heterocycles. The molecule has 2 rings (SSSR count). The van der Waals surface area contributed by atoms with Crippen LogP contribution in [0.2, 0.25) is 0 Å². The first-order valence-electron chi connectivity index (χ1n) is 5.28. The van der Waals surface area contributed by atoms with Gasteiger partial charge in [0.1, 0.15) is 12.4 Å². The molecule has 0 amide bonds. The Morgan fingerprint density at radius 1 is 1.53 bits per heavy atom. The molecule has 82 valence electrons. The van der Waals surface area contributed by atoms with Crippen LogP contribution in [0.25, 0.3) is 0 Å². The zero-order valence-corrected chi connectivity index (χ0v) is 8.92. The van der Waals surface area contributed by atoms with Crippen LogP contribution in [-0.4, -0.2) is 20.2 Å². The van der Waals surface area contributed by atoms with E-state index < -0.39 is 6.67 Å². The molecule has 0 radical (unpaired) electrons. The molecule has 1 aliphatic rings. The van der Waals surface area contributed by atoms with Crippen molar-refractivity contribution < 1.29 is 9.13 Å². The number of benzene rings is 1. The van der Waals surface area contributed by atoms with Crippen LogP contribution in [0.15, 0.2) is 18.2 Å². The Morgan fingerprint density at radius 3 is 3.00 bits per heavy atom. The molecule has 1 atom stereocenters. The van der Waals surface area contributed by atoms with Crippen molar-refractivity contribution in [2.75, 3.05) is 20.2 Å². The normalized spacial score (nSPS) is 20.5. The Balaban J connectivity index is 2.32. The van der Waals surface area contributed by atoms with Crippen molar-refractivity contribution in [2.24, 2.45) is 0 Å². The van der Waals surface area contributed by atoms with Crippen LogP contribution in [0.4, 0.5) is 4.39 Å². The van der Waals surface area contributed by atoms with Gasteiger partial charge >= 0.3 is 0 Å². The van der Waals surface area contributed by atoms with E-state index in [-0.39, 0.29) is 0 Å². The fourth-order valence-corrected chi connectivity index (χ4v) is 2.11. The van der Waals surface area contributed by atoms with E-state index in [1.54, 1.807) is 13.2 Å². The summed E-state index contributed by atoms with van der Waals surface area (Å²) in [6.45, 7) is 1.59. The largest absolute Gasteiger partial charge is 0.496 e. The number of methoxy groups -OCH3 is 1. The van der Waals surface area contributed by atoms with Gasteiger partial charge in [-0.05, 0) is 36.2 Å². The lowest BCUT2D eigenvalue weighted by Crippen LogP contribution is -2.09. The fourth-order valence-electron chi connectivity index (χ4n) is 2.11. The summed E-state index contributed by atoms with van der Waals surface area (Å²) in [5, 5.41) is 3.31. The van der Waals surface area contributed by atoms with E-state index in [2.05, 4.69) is 5.32 Å². The lowest BCUT2D eigenvalue weighted by molar-refractivity contribution is 0.405. The smallest absolute Gasteiger partial charge is 0.122 e. The first-order chi connectivity index (χ1) is 7.35. The number of nitrogens with one attached hydrogen (secondary N) is 1. The van der Waals surface area contributed by atoms with E-state index in [1.165, 1.54) is 0 Å². The minimum Gasteiger partial charge on any atom is -0.496 e. The molecule has 15 heavy (non-hydrogen) atoms. The third kappa shape index (κ3) is 2.12. The first kappa shape index (κ1) is 10.4. The highest BCUT2D eigenvalue weighted by atomic mass is 19.1. The van der Waals surface area contributed by atoms with E-state index in [4.69, 9.17) is 4.74 Å². The number of hydrogen-bond acceptors (Lipinski definition) is 2. The average Bonchev–Trinajstić information content (AvgIpc) is 2.81. The third-order valence-electron chi connectivity index (χ3n) is 2.95. The molecule has 1 saturated heterocycles. The molecule has 1 fully saturated rings. The van der Waals surface area contributed by atoms with Gasteiger partial charge in [0.05, 0.1) is 7.11 Å². The molecular formula is C12H16FNO. The molecule has 2 nitrogen and oxygen atoms in total. The maximum atomic E-state index is 12.6. The Morgan fingerprint density at radius 2 is 2.40 bits per heavy atom. The molecule has 3 heteroatoms. The fraction of sp³-hybridized carbons (Fsp3) is 0.500. The van der Waals surface area contributed by atoms with Crippen molar-refractivity contribution in [2.45, 2.75) is 19.0 Å². The van der Waals surface area contributed by atoms with Gasteiger partial charge in [0, 0.05) is 12.5 Å². The Labute approximate surface area is 89.4 Å². The summed E-state index contributed by atoms with van der Waals surface area (Å²) in [6.07, 6.45) is 1.10. The second-order valence-electron chi connectivity index (χ2n) is 3.90. The zero-order chi connectivity index (χ0) is 10.7. The van der Waals surface area contributed by atoms with E-state index >= 15 is 0 Å². The van der Waals surface area contributed by atoms with Gasteiger partial charge in [0.2, 0.25) is 0 Å². The van der Waals surface area contributed by atoms with Gasteiger partial charge in [0.25, 0.3) is 0 Å². The zero-order valence-electron chi connectivity index (χ0n) is 8.92. The molecule has 0 spiro atoms. The van der Waals surface area contributed by atoms with Crippen molar-refractivity contribution in [3.05, 3.63) is 29.3 Å². The van der Waals surface area contributed by atoms with Crippen LogP contribution >= 0.6 is 0 Å². The minimum atomic E-state index is -0.406. The van der Waals surface area contributed by atoms with Gasteiger partial charge in [-0.2, -0.15) is 0 Å². The molecule has 0 aliphatic carbocycles. The third-order valence-corrected chi connectivity index (χ3v) is 2.95. The summed E-state index contributed by atoms with van der Waals surface area (Å²) in [5.41, 5.74) is 1.87. The Kier molecular flexibility index (Phi) is 3.21. The lowest BCUT2D eigenvalue weighted by atomic mass is 9.96. The summed E-state index contributed by atoms with van der Waals surface area (Å²) < 4.78 is 17.9. The predicted octanol–water partition coefficient (Wildman–Crippen LogP) is 2.24. The second kappa shape index (κ2) is 4.62. The number of ether oxygens (including phenoxy) is 1. The summed E-state index contributed by atoms with van der Waals surface area (Å²) in [7, 11) is 1.66.